The smallest absolute Gasteiger partial charge is 0.178 e. The molecule has 2 unspecified atom stereocenters. The summed E-state index contributed by atoms with van der Waals surface area (Å²) in [5, 5.41) is 0. The van der Waals surface area contributed by atoms with Crippen molar-refractivity contribution in [2.24, 2.45) is 16.7 Å². The van der Waals surface area contributed by atoms with Crippen molar-refractivity contribution in [3.63, 3.8) is 0 Å². The van der Waals surface area contributed by atoms with Gasteiger partial charge in [-0.25, -0.2) is 8.42 Å². The van der Waals surface area contributed by atoms with E-state index in [0.29, 0.717) is 29.5 Å². The third-order valence-corrected chi connectivity index (χ3v) is 9.15. The fourth-order valence-electron chi connectivity index (χ4n) is 4.40. The maximum atomic E-state index is 11.8. The molecule has 1 heterocycles. The summed E-state index contributed by atoms with van der Waals surface area (Å²) in [4.78, 5) is 22.5. The normalized spacial score (nSPS) is 31.5. The van der Waals surface area contributed by atoms with Gasteiger partial charge in [-0.05, 0) is 42.0 Å². The summed E-state index contributed by atoms with van der Waals surface area (Å²) in [6, 6.07) is 0. The van der Waals surface area contributed by atoms with E-state index in [4.69, 9.17) is 4.74 Å². The zero-order valence-corrected chi connectivity index (χ0v) is 16.8. The van der Waals surface area contributed by atoms with Gasteiger partial charge < -0.3 is 9.29 Å². The van der Waals surface area contributed by atoms with Crippen LogP contribution in [0.4, 0.5) is 0 Å². The topological polar surface area (TPSA) is 101 Å². The number of rotatable bonds is 4. The predicted molar refractivity (Wildman–Crippen MR) is 96.6 cm³/mol. The van der Waals surface area contributed by atoms with Crippen LogP contribution in [0.15, 0.2) is 0 Å². The second kappa shape index (κ2) is 7.66. The van der Waals surface area contributed by atoms with Gasteiger partial charge in [0.05, 0.1) is 29.1 Å². The molecule has 0 aromatic rings. The molecule has 0 aromatic heterocycles. The summed E-state index contributed by atoms with van der Waals surface area (Å²) in [5.74, 6) is 3.02. The molecule has 0 radical (unpaired) electrons. The number of carbonyl (C=O) groups excluding carboxylic acids is 2. The number of hydrogen-bond donors (Lipinski definition) is 0. The van der Waals surface area contributed by atoms with E-state index in [-0.39, 0.29) is 17.1 Å². The first-order chi connectivity index (χ1) is 11.5. The average molecular weight is 393 g/mol. The first-order valence-electron chi connectivity index (χ1n) is 8.66. The van der Waals surface area contributed by atoms with Crippen molar-refractivity contribution >= 4 is 32.6 Å². The summed E-state index contributed by atoms with van der Waals surface area (Å²) in [6.07, 6.45) is 1.88. The predicted octanol–water partition coefficient (Wildman–Crippen LogP) is 1.15. The largest absolute Gasteiger partial charge is 0.748 e. The molecule has 0 N–H and O–H groups in total. The van der Waals surface area contributed by atoms with Gasteiger partial charge in [0, 0.05) is 11.8 Å². The van der Waals surface area contributed by atoms with Crippen LogP contribution in [0, 0.1) is 16.7 Å². The van der Waals surface area contributed by atoms with Crippen LogP contribution < -0.4 is 0 Å². The summed E-state index contributed by atoms with van der Waals surface area (Å²) >= 11 is 0. The average Bonchev–Trinajstić information content (AvgIpc) is 2.80. The molecular formula is C17H28O6S2. The van der Waals surface area contributed by atoms with Gasteiger partial charge in [0.15, 0.2) is 11.5 Å². The molecule has 2 aliphatic carbocycles. The van der Waals surface area contributed by atoms with E-state index in [2.05, 4.69) is 0 Å². The van der Waals surface area contributed by atoms with Crippen LogP contribution >= 0.6 is 0 Å². The fourth-order valence-corrected chi connectivity index (χ4v) is 7.46. The number of ketones is 2. The Bertz CT molecular complexity index is 621. The monoisotopic (exact) mass is 392 g/mol. The maximum absolute atomic E-state index is 11.8. The Hall–Kier alpha value is -0.440. The van der Waals surface area contributed by atoms with Crippen molar-refractivity contribution in [1.82, 2.24) is 0 Å². The number of ether oxygens (including phenoxy) is 1. The van der Waals surface area contributed by atoms with E-state index in [1.54, 1.807) is 6.92 Å². The van der Waals surface area contributed by atoms with Crippen molar-refractivity contribution < 1.29 is 27.3 Å². The first-order valence-corrected chi connectivity index (χ1v) is 12.0. The highest BCUT2D eigenvalue weighted by Crippen LogP contribution is 2.64. The molecule has 2 atom stereocenters. The molecule has 2 saturated carbocycles. The molecule has 2 bridgehead atoms. The van der Waals surface area contributed by atoms with E-state index < -0.39 is 21.3 Å². The highest BCUT2D eigenvalue weighted by molar-refractivity contribution is 7.97. The van der Waals surface area contributed by atoms with Crippen LogP contribution in [-0.4, -0.2) is 60.8 Å². The van der Waals surface area contributed by atoms with Crippen molar-refractivity contribution in [3.05, 3.63) is 0 Å². The fraction of sp³-hybridized carbons (Fsp3) is 0.882. The Kier molecular flexibility index (Phi) is 6.40. The molecule has 3 rings (SSSR count). The van der Waals surface area contributed by atoms with Gasteiger partial charge in [0.2, 0.25) is 0 Å². The lowest BCUT2D eigenvalue weighted by Gasteiger charge is -2.37. The van der Waals surface area contributed by atoms with Gasteiger partial charge >= 0.3 is 0 Å². The van der Waals surface area contributed by atoms with E-state index in [1.165, 1.54) is 0 Å². The Morgan fingerprint density at radius 3 is 2.32 bits per heavy atom. The SMILES string of the molecule is CC(=O)C[S+]1CCOCC1.CC1(C)C2CCC1(CS(=O)(=O)[O-])C(=O)C2. The molecule has 8 heteroatoms. The van der Waals surface area contributed by atoms with Crippen molar-refractivity contribution in [2.45, 2.75) is 40.0 Å². The van der Waals surface area contributed by atoms with Crippen molar-refractivity contribution in [3.8, 4) is 0 Å². The molecule has 1 saturated heterocycles. The lowest BCUT2D eigenvalue weighted by atomic mass is 9.70. The van der Waals surface area contributed by atoms with Crippen LogP contribution in [0.1, 0.15) is 40.0 Å². The molecule has 6 nitrogen and oxygen atoms in total. The molecule has 144 valence electrons. The summed E-state index contributed by atoms with van der Waals surface area (Å²) < 4.78 is 37.9. The van der Waals surface area contributed by atoms with Crippen LogP contribution in [0.2, 0.25) is 0 Å². The lowest BCUT2D eigenvalue weighted by molar-refractivity contribution is -0.128. The van der Waals surface area contributed by atoms with Gasteiger partial charge in [-0.2, -0.15) is 0 Å². The molecule has 1 aliphatic heterocycles. The van der Waals surface area contributed by atoms with Gasteiger partial charge in [0.1, 0.15) is 17.3 Å². The maximum Gasteiger partial charge on any atom is 0.178 e. The number of hydrogen-bond acceptors (Lipinski definition) is 6. The Labute approximate surface area is 153 Å². The third-order valence-electron chi connectivity index (χ3n) is 6.00. The van der Waals surface area contributed by atoms with Crippen LogP contribution in [0.25, 0.3) is 0 Å². The van der Waals surface area contributed by atoms with E-state index in [0.717, 1.165) is 36.9 Å². The van der Waals surface area contributed by atoms with Gasteiger partial charge in [-0.15, -0.1) is 0 Å². The lowest BCUT2D eigenvalue weighted by Crippen LogP contribution is -2.42. The molecule has 3 aliphatic rings. The number of fused-ring (bicyclic) bond motifs is 2. The minimum atomic E-state index is -4.33. The van der Waals surface area contributed by atoms with Crippen molar-refractivity contribution in [1.29, 1.82) is 0 Å². The Morgan fingerprint density at radius 1 is 1.32 bits per heavy atom. The number of Topliss-reactive ketones (excluding diaryl/α,β-unsaturated/α-hetero) is 2. The molecule has 25 heavy (non-hydrogen) atoms. The summed E-state index contributed by atoms with van der Waals surface area (Å²) in [7, 11) is -3.98. The Morgan fingerprint density at radius 2 is 1.92 bits per heavy atom. The highest BCUT2D eigenvalue weighted by Gasteiger charge is 2.64. The second-order valence-corrected chi connectivity index (χ2v) is 11.6. The minimum Gasteiger partial charge on any atom is -0.748 e. The molecule has 3 fully saturated rings. The number of carbonyl (C=O) groups is 2. The zero-order chi connectivity index (χ0) is 18.9. The van der Waals surface area contributed by atoms with Crippen LogP contribution in [0.5, 0.6) is 0 Å². The second-order valence-electron chi connectivity index (χ2n) is 7.85. The minimum absolute atomic E-state index is 0.0248. The zero-order valence-electron chi connectivity index (χ0n) is 15.2. The summed E-state index contributed by atoms with van der Waals surface area (Å²) in [5.41, 5.74) is -1.22. The van der Waals surface area contributed by atoms with Crippen molar-refractivity contribution in [2.75, 3.05) is 36.2 Å². The highest BCUT2D eigenvalue weighted by atomic mass is 32.2. The summed E-state index contributed by atoms with van der Waals surface area (Å²) in [6.45, 7) is 7.22. The van der Waals surface area contributed by atoms with E-state index in [9.17, 15) is 22.6 Å². The molecule has 0 spiro atoms. The van der Waals surface area contributed by atoms with Gasteiger partial charge in [-0.1, -0.05) is 13.8 Å². The van der Waals surface area contributed by atoms with E-state index in [1.807, 2.05) is 13.8 Å². The quantitative estimate of drug-likeness (QED) is 0.525. The molecule has 0 aromatic carbocycles. The molecular weight excluding hydrogens is 364 g/mol. The van der Waals surface area contributed by atoms with Gasteiger partial charge in [-0.3, -0.25) is 9.59 Å². The van der Waals surface area contributed by atoms with Crippen LogP contribution in [0.3, 0.4) is 0 Å². The van der Waals surface area contributed by atoms with E-state index >= 15 is 0 Å². The molecule has 0 amide bonds. The standard InChI is InChI=1S/C10H16O4S.C7H13O2S/c1-9(2)7-3-4-10(9,8(11)5-7)6-15(12,13)14;1-7(8)6-10-4-2-9-3-5-10/h7H,3-6H2,1-2H3,(H,12,13,14);2-6H2,1H3/q;+1/p-1. The third kappa shape index (κ3) is 4.64. The Balaban J connectivity index is 0.000000196. The first kappa shape index (κ1) is 20.9. The van der Waals surface area contributed by atoms with Crippen LogP contribution in [-0.2, 0) is 35.3 Å². The van der Waals surface area contributed by atoms with Gasteiger partial charge in [0.25, 0.3) is 0 Å².